The highest BCUT2D eigenvalue weighted by Gasteiger charge is 2.34. The number of nitrogens with zero attached hydrogens (tertiary/aromatic N) is 3. The molecule has 1 aromatic rings. The van der Waals surface area contributed by atoms with Crippen LogP contribution in [-0.4, -0.2) is 31.6 Å². The molecule has 0 aliphatic carbocycles. The van der Waals surface area contributed by atoms with E-state index in [0.29, 0.717) is 10.0 Å². The van der Waals surface area contributed by atoms with Crippen molar-refractivity contribution in [3.63, 3.8) is 0 Å². The van der Waals surface area contributed by atoms with Gasteiger partial charge in [-0.05, 0) is 0 Å². The number of hydrogen-bond acceptors (Lipinski definition) is 6. The van der Waals surface area contributed by atoms with Gasteiger partial charge in [-0.1, -0.05) is 11.3 Å². The quantitative estimate of drug-likeness (QED) is 0.763. The standard InChI is InChI=1S/C9H8FN3O3S2/c10-18(15,16)5-6-1-8(14)13(4-6)9-12-3-7(2-11)17-9/h3,6H,1,4-5H2. The van der Waals surface area contributed by atoms with Crippen LogP contribution in [0.4, 0.5) is 9.02 Å². The summed E-state index contributed by atoms with van der Waals surface area (Å²) in [4.78, 5) is 17.2. The molecule has 6 nitrogen and oxygen atoms in total. The molecule has 1 aliphatic rings. The first kappa shape index (κ1) is 12.9. The van der Waals surface area contributed by atoms with Crippen LogP contribution in [0.3, 0.4) is 0 Å². The van der Waals surface area contributed by atoms with Gasteiger partial charge in [0.15, 0.2) is 5.13 Å². The van der Waals surface area contributed by atoms with Gasteiger partial charge in [0.05, 0.1) is 11.9 Å². The highest BCUT2D eigenvalue weighted by atomic mass is 32.3. The molecule has 1 fully saturated rings. The number of rotatable bonds is 3. The second kappa shape index (κ2) is 4.62. The van der Waals surface area contributed by atoms with E-state index in [1.807, 2.05) is 6.07 Å². The van der Waals surface area contributed by atoms with Gasteiger partial charge in [0, 0.05) is 18.9 Å². The molecule has 96 valence electrons. The SMILES string of the molecule is N#Cc1cnc(N2CC(CS(=O)(=O)F)CC2=O)s1. The third-order valence-corrected chi connectivity index (χ3v) is 4.27. The van der Waals surface area contributed by atoms with Crippen molar-refractivity contribution in [2.75, 3.05) is 17.2 Å². The lowest BCUT2D eigenvalue weighted by atomic mass is 10.1. The molecule has 1 atom stereocenters. The Labute approximate surface area is 107 Å². The molecule has 2 rings (SSSR count). The molecular weight excluding hydrogens is 281 g/mol. The van der Waals surface area contributed by atoms with E-state index in [9.17, 15) is 17.1 Å². The zero-order valence-electron chi connectivity index (χ0n) is 9.04. The van der Waals surface area contributed by atoms with Crippen molar-refractivity contribution in [1.29, 1.82) is 5.26 Å². The molecule has 0 bridgehead atoms. The minimum absolute atomic E-state index is 0.0232. The van der Waals surface area contributed by atoms with Gasteiger partial charge in [0.1, 0.15) is 10.9 Å². The molecule has 18 heavy (non-hydrogen) atoms. The van der Waals surface area contributed by atoms with Crippen molar-refractivity contribution in [2.45, 2.75) is 6.42 Å². The van der Waals surface area contributed by atoms with Crippen LogP contribution in [-0.2, 0) is 15.0 Å². The van der Waals surface area contributed by atoms with Crippen LogP contribution in [0.1, 0.15) is 11.3 Å². The predicted octanol–water partition coefficient (Wildman–Crippen LogP) is 0.667. The average molecular weight is 289 g/mol. The molecule has 0 spiro atoms. The zero-order valence-corrected chi connectivity index (χ0v) is 10.7. The molecule has 0 radical (unpaired) electrons. The van der Waals surface area contributed by atoms with E-state index in [1.54, 1.807) is 0 Å². The van der Waals surface area contributed by atoms with Gasteiger partial charge in [0.2, 0.25) is 5.91 Å². The molecule has 0 aromatic carbocycles. The summed E-state index contributed by atoms with van der Waals surface area (Å²) in [6.45, 7) is 0.111. The largest absolute Gasteiger partial charge is 0.302 e. The summed E-state index contributed by atoms with van der Waals surface area (Å²) in [5.41, 5.74) is 0. The number of hydrogen-bond donors (Lipinski definition) is 0. The van der Waals surface area contributed by atoms with Gasteiger partial charge in [-0.3, -0.25) is 9.69 Å². The Hall–Kier alpha value is -1.53. The molecular formula is C9H8FN3O3S2. The first-order valence-electron chi connectivity index (χ1n) is 4.97. The van der Waals surface area contributed by atoms with Gasteiger partial charge in [-0.2, -0.15) is 13.7 Å². The lowest BCUT2D eigenvalue weighted by Gasteiger charge is -2.11. The Morgan fingerprint density at radius 3 is 2.94 bits per heavy atom. The van der Waals surface area contributed by atoms with E-state index in [-0.39, 0.29) is 18.9 Å². The number of anilines is 1. The van der Waals surface area contributed by atoms with Crippen LogP contribution in [0.25, 0.3) is 0 Å². The van der Waals surface area contributed by atoms with Crippen molar-refractivity contribution in [1.82, 2.24) is 4.98 Å². The fraction of sp³-hybridized carbons (Fsp3) is 0.444. The highest BCUT2D eigenvalue weighted by molar-refractivity contribution is 7.86. The van der Waals surface area contributed by atoms with Gasteiger partial charge in [-0.15, -0.1) is 3.89 Å². The van der Waals surface area contributed by atoms with Crippen molar-refractivity contribution in [2.24, 2.45) is 5.92 Å². The fourth-order valence-corrected chi connectivity index (χ4v) is 3.33. The average Bonchev–Trinajstić information content (AvgIpc) is 2.82. The molecule has 2 heterocycles. The lowest BCUT2D eigenvalue weighted by molar-refractivity contribution is -0.117. The van der Waals surface area contributed by atoms with Crippen LogP contribution in [0.5, 0.6) is 0 Å². The molecule has 1 aromatic heterocycles. The fourth-order valence-electron chi connectivity index (χ4n) is 1.80. The van der Waals surface area contributed by atoms with Crippen LogP contribution >= 0.6 is 11.3 Å². The van der Waals surface area contributed by atoms with Crippen LogP contribution in [0.2, 0.25) is 0 Å². The lowest BCUT2D eigenvalue weighted by Crippen LogP contribution is -2.25. The second-order valence-corrected chi connectivity index (χ2v) is 6.32. The maximum atomic E-state index is 12.5. The number of nitriles is 1. The van der Waals surface area contributed by atoms with Crippen LogP contribution in [0, 0.1) is 17.2 Å². The maximum Gasteiger partial charge on any atom is 0.302 e. The first-order chi connectivity index (χ1) is 8.39. The van der Waals surface area contributed by atoms with Crippen molar-refractivity contribution in [3.8, 4) is 6.07 Å². The Kier molecular flexibility index (Phi) is 3.32. The highest BCUT2D eigenvalue weighted by Crippen LogP contribution is 2.29. The molecule has 0 saturated carbocycles. The molecule has 9 heteroatoms. The van der Waals surface area contributed by atoms with E-state index in [4.69, 9.17) is 5.26 Å². The number of halogens is 1. The third kappa shape index (κ3) is 2.83. The molecule has 1 saturated heterocycles. The van der Waals surface area contributed by atoms with E-state index in [2.05, 4.69) is 4.98 Å². The minimum atomic E-state index is -4.58. The first-order valence-corrected chi connectivity index (χ1v) is 7.34. The van der Waals surface area contributed by atoms with Gasteiger partial charge >= 0.3 is 10.2 Å². The number of aromatic nitrogens is 1. The van der Waals surface area contributed by atoms with E-state index in [0.717, 1.165) is 11.3 Å². The number of carbonyl (C=O) groups is 1. The normalized spacial score (nSPS) is 20.1. The predicted molar refractivity (Wildman–Crippen MR) is 62.2 cm³/mol. The van der Waals surface area contributed by atoms with Gasteiger partial charge in [0.25, 0.3) is 0 Å². The molecule has 0 N–H and O–H groups in total. The summed E-state index contributed by atoms with van der Waals surface area (Å²) in [6, 6.07) is 1.90. The van der Waals surface area contributed by atoms with E-state index in [1.165, 1.54) is 11.1 Å². The van der Waals surface area contributed by atoms with Gasteiger partial charge in [-0.25, -0.2) is 4.98 Å². The Balaban J connectivity index is 2.12. The number of carbonyl (C=O) groups excluding carboxylic acids is 1. The number of amides is 1. The smallest absolute Gasteiger partial charge is 0.288 e. The second-order valence-electron chi connectivity index (χ2n) is 3.90. The van der Waals surface area contributed by atoms with Crippen molar-refractivity contribution < 1.29 is 17.1 Å². The van der Waals surface area contributed by atoms with E-state index < -0.39 is 21.9 Å². The third-order valence-electron chi connectivity index (χ3n) is 2.47. The van der Waals surface area contributed by atoms with Crippen LogP contribution < -0.4 is 4.90 Å². The summed E-state index contributed by atoms with van der Waals surface area (Å²) in [7, 11) is -4.58. The minimum Gasteiger partial charge on any atom is -0.288 e. The summed E-state index contributed by atoms with van der Waals surface area (Å²) in [6.07, 6.45) is 1.32. The van der Waals surface area contributed by atoms with Crippen LogP contribution in [0.15, 0.2) is 6.20 Å². The molecule has 1 unspecified atom stereocenters. The Morgan fingerprint density at radius 1 is 1.67 bits per heavy atom. The topological polar surface area (TPSA) is 91.1 Å². The Bertz CT molecular complexity index is 619. The van der Waals surface area contributed by atoms with Crippen molar-refractivity contribution >= 4 is 32.6 Å². The van der Waals surface area contributed by atoms with E-state index >= 15 is 0 Å². The monoisotopic (exact) mass is 289 g/mol. The summed E-state index contributed by atoms with van der Waals surface area (Å²) < 4.78 is 33.6. The Morgan fingerprint density at radius 2 is 2.39 bits per heavy atom. The van der Waals surface area contributed by atoms with Gasteiger partial charge < -0.3 is 0 Å². The summed E-state index contributed by atoms with van der Waals surface area (Å²) in [5, 5.41) is 9.00. The maximum absolute atomic E-state index is 12.5. The number of thiazole rings is 1. The summed E-state index contributed by atoms with van der Waals surface area (Å²) >= 11 is 1.04. The van der Waals surface area contributed by atoms with Crippen molar-refractivity contribution in [3.05, 3.63) is 11.1 Å². The summed E-state index contributed by atoms with van der Waals surface area (Å²) in [5.74, 6) is -1.53. The molecule has 1 amide bonds. The zero-order chi connectivity index (χ0) is 13.3. The molecule has 1 aliphatic heterocycles.